The van der Waals surface area contributed by atoms with Crippen LogP contribution < -0.4 is 4.74 Å². The van der Waals surface area contributed by atoms with Crippen LogP contribution in [-0.2, 0) is 6.42 Å². The second-order valence-electron chi connectivity index (χ2n) is 4.04. The Labute approximate surface area is 106 Å². The summed E-state index contributed by atoms with van der Waals surface area (Å²) in [5.41, 5.74) is 1.85. The molecule has 1 aromatic carbocycles. The minimum Gasteiger partial charge on any atom is -0.439 e. The lowest BCUT2D eigenvalue weighted by atomic mass is 10.1. The highest BCUT2D eigenvalue weighted by atomic mass is 16.5. The number of rotatable bonds is 4. The lowest BCUT2D eigenvalue weighted by molar-refractivity contribution is 0.101. The van der Waals surface area contributed by atoms with Crippen molar-refractivity contribution in [3.05, 3.63) is 53.7 Å². The number of ketones is 1. The van der Waals surface area contributed by atoms with E-state index in [1.54, 1.807) is 37.4 Å². The van der Waals surface area contributed by atoms with Gasteiger partial charge in [-0.1, -0.05) is 13.0 Å². The molecule has 0 amide bonds. The lowest BCUT2D eigenvalue weighted by Gasteiger charge is -2.05. The van der Waals surface area contributed by atoms with Crippen LogP contribution in [0.25, 0.3) is 0 Å². The number of aromatic nitrogens is 1. The third-order valence-corrected chi connectivity index (χ3v) is 2.69. The summed E-state index contributed by atoms with van der Waals surface area (Å²) < 4.78 is 5.59. The molecule has 0 saturated heterocycles. The Balaban J connectivity index is 2.10. The van der Waals surface area contributed by atoms with Crippen molar-refractivity contribution in [3.63, 3.8) is 0 Å². The number of hydrogen-bond acceptors (Lipinski definition) is 3. The van der Waals surface area contributed by atoms with Gasteiger partial charge in [0.15, 0.2) is 5.78 Å². The highest BCUT2D eigenvalue weighted by molar-refractivity contribution is 5.94. The van der Waals surface area contributed by atoms with E-state index in [0.717, 1.165) is 6.42 Å². The van der Waals surface area contributed by atoms with E-state index >= 15 is 0 Å². The molecule has 0 aliphatic carbocycles. The van der Waals surface area contributed by atoms with Gasteiger partial charge in [0.25, 0.3) is 0 Å². The number of nitrogens with zero attached hydrogens (tertiary/aromatic N) is 1. The summed E-state index contributed by atoms with van der Waals surface area (Å²) >= 11 is 0. The van der Waals surface area contributed by atoms with Crippen molar-refractivity contribution in [2.45, 2.75) is 20.3 Å². The van der Waals surface area contributed by atoms with Crippen LogP contribution in [0.15, 0.2) is 42.6 Å². The molecule has 2 rings (SSSR count). The first-order valence-electron chi connectivity index (χ1n) is 5.93. The molecule has 0 saturated carbocycles. The first kappa shape index (κ1) is 12.3. The lowest BCUT2D eigenvalue weighted by Crippen LogP contribution is -1.92. The van der Waals surface area contributed by atoms with Crippen LogP contribution >= 0.6 is 0 Å². The Bertz CT molecular complexity index is 529. The molecule has 0 aliphatic rings. The number of benzene rings is 1. The molecule has 3 heteroatoms. The average molecular weight is 241 g/mol. The van der Waals surface area contributed by atoms with Crippen LogP contribution in [0.1, 0.15) is 29.8 Å². The number of carbonyl (C=O) groups is 1. The first-order valence-corrected chi connectivity index (χ1v) is 5.93. The van der Waals surface area contributed by atoms with Crippen LogP contribution in [0.5, 0.6) is 11.6 Å². The Kier molecular flexibility index (Phi) is 3.72. The monoisotopic (exact) mass is 241 g/mol. The zero-order valence-electron chi connectivity index (χ0n) is 10.5. The van der Waals surface area contributed by atoms with Crippen LogP contribution in [0.2, 0.25) is 0 Å². The SMILES string of the molecule is CCc1ccc(Oc2ccc(C(C)=O)cc2)nc1. The molecule has 2 aromatic rings. The second-order valence-corrected chi connectivity index (χ2v) is 4.04. The van der Waals surface area contributed by atoms with Gasteiger partial charge in [-0.2, -0.15) is 0 Å². The maximum absolute atomic E-state index is 11.1. The maximum Gasteiger partial charge on any atom is 0.219 e. The summed E-state index contributed by atoms with van der Waals surface area (Å²) in [5, 5.41) is 0. The molecular weight excluding hydrogens is 226 g/mol. The van der Waals surface area contributed by atoms with Gasteiger partial charge in [0.05, 0.1) is 0 Å². The summed E-state index contributed by atoms with van der Waals surface area (Å²) in [6.07, 6.45) is 2.76. The van der Waals surface area contributed by atoms with Crippen molar-refractivity contribution in [2.24, 2.45) is 0 Å². The van der Waals surface area contributed by atoms with E-state index in [-0.39, 0.29) is 5.78 Å². The molecule has 0 bridgehead atoms. The van der Waals surface area contributed by atoms with Gasteiger partial charge in [-0.3, -0.25) is 4.79 Å². The molecule has 18 heavy (non-hydrogen) atoms. The van der Waals surface area contributed by atoms with Crippen molar-refractivity contribution >= 4 is 5.78 Å². The maximum atomic E-state index is 11.1. The summed E-state index contributed by atoms with van der Waals surface area (Å²) in [7, 11) is 0. The van der Waals surface area contributed by atoms with Crippen molar-refractivity contribution in [1.82, 2.24) is 4.98 Å². The Morgan fingerprint density at radius 3 is 2.39 bits per heavy atom. The van der Waals surface area contributed by atoms with Gasteiger partial charge in [-0.15, -0.1) is 0 Å². The van der Waals surface area contributed by atoms with Crippen molar-refractivity contribution in [2.75, 3.05) is 0 Å². The normalized spacial score (nSPS) is 10.1. The van der Waals surface area contributed by atoms with Gasteiger partial charge in [0.2, 0.25) is 5.88 Å². The molecule has 92 valence electrons. The standard InChI is InChI=1S/C15H15NO2/c1-3-12-4-9-15(16-10-12)18-14-7-5-13(6-8-14)11(2)17/h4-10H,3H2,1-2H3. The van der Waals surface area contributed by atoms with E-state index in [1.165, 1.54) is 5.56 Å². The number of ether oxygens (including phenoxy) is 1. The zero-order valence-corrected chi connectivity index (χ0v) is 10.5. The van der Waals surface area contributed by atoms with Crippen LogP contribution in [0, 0.1) is 0 Å². The number of Topliss-reactive ketones (excluding diaryl/α,β-unsaturated/α-hetero) is 1. The molecule has 0 unspecified atom stereocenters. The summed E-state index contributed by atoms with van der Waals surface area (Å²) in [6.45, 7) is 3.62. The molecule has 0 aliphatic heterocycles. The molecule has 0 fully saturated rings. The van der Waals surface area contributed by atoms with Crippen molar-refractivity contribution in [1.29, 1.82) is 0 Å². The third kappa shape index (κ3) is 2.94. The minimum absolute atomic E-state index is 0.0481. The fourth-order valence-electron chi connectivity index (χ4n) is 1.56. The van der Waals surface area contributed by atoms with Crippen LogP contribution in [-0.4, -0.2) is 10.8 Å². The molecule has 0 spiro atoms. The molecular formula is C15H15NO2. The average Bonchev–Trinajstić information content (AvgIpc) is 2.40. The van der Waals surface area contributed by atoms with Crippen molar-refractivity contribution in [3.8, 4) is 11.6 Å². The zero-order chi connectivity index (χ0) is 13.0. The van der Waals surface area contributed by atoms with Gasteiger partial charge >= 0.3 is 0 Å². The Hall–Kier alpha value is -2.16. The van der Waals surface area contributed by atoms with Gasteiger partial charge < -0.3 is 4.74 Å². The molecule has 0 atom stereocenters. The second kappa shape index (κ2) is 5.45. The Morgan fingerprint density at radius 2 is 1.89 bits per heavy atom. The molecule has 0 radical (unpaired) electrons. The number of pyridine rings is 1. The largest absolute Gasteiger partial charge is 0.439 e. The molecule has 1 heterocycles. The third-order valence-electron chi connectivity index (χ3n) is 2.69. The number of carbonyl (C=O) groups excluding carboxylic acids is 1. The summed E-state index contributed by atoms with van der Waals surface area (Å²) in [6, 6.07) is 10.9. The predicted octanol–water partition coefficient (Wildman–Crippen LogP) is 3.64. The molecule has 1 aromatic heterocycles. The van der Waals surface area contributed by atoms with Crippen LogP contribution in [0.3, 0.4) is 0 Å². The molecule has 0 N–H and O–H groups in total. The number of aryl methyl sites for hydroxylation is 1. The quantitative estimate of drug-likeness (QED) is 0.767. The van der Waals surface area contributed by atoms with E-state index in [1.807, 2.05) is 12.1 Å². The fourth-order valence-corrected chi connectivity index (χ4v) is 1.56. The van der Waals surface area contributed by atoms with E-state index in [0.29, 0.717) is 17.2 Å². The van der Waals surface area contributed by atoms with E-state index in [4.69, 9.17) is 4.74 Å². The summed E-state index contributed by atoms with van der Waals surface area (Å²) in [5.74, 6) is 1.28. The fraction of sp³-hybridized carbons (Fsp3) is 0.200. The van der Waals surface area contributed by atoms with Gasteiger partial charge in [0, 0.05) is 17.8 Å². The van der Waals surface area contributed by atoms with Crippen LogP contribution in [0.4, 0.5) is 0 Å². The minimum atomic E-state index is 0.0481. The van der Waals surface area contributed by atoms with Gasteiger partial charge in [0.1, 0.15) is 5.75 Å². The highest BCUT2D eigenvalue weighted by Gasteiger charge is 2.01. The first-order chi connectivity index (χ1) is 8.69. The molecule has 3 nitrogen and oxygen atoms in total. The predicted molar refractivity (Wildman–Crippen MR) is 70.1 cm³/mol. The topological polar surface area (TPSA) is 39.2 Å². The van der Waals surface area contributed by atoms with E-state index in [2.05, 4.69) is 11.9 Å². The van der Waals surface area contributed by atoms with E-state index in [9.17, 15) is 4.79 Å². The van der Waals surface area contributed by atoms with Crippen molar-refractivity contribution < 1.29 is 9.53 Å². The highest BCUT2D eigenvalue weighted by Crippen LogP contribution is 2.20. The van der Waals surface area contributed by atoms with Gasteiger partial charge in [-0.05, 0) is 43.2 Å². The Morgan fingerprint density at radius 1 is 1.17 bits per heavy atom. The number of hydrogen-bond donors (Lipinski definition) is 0. The van der Waals surface area contributed by atoms with Gasteiger partial charge in [-0.25, -0.2) is 4.98 Å². The summed E-state index contributed by atoms with van der Waals surface area (Å²) in [4.78, 5) is 15.3. The smallest absolute Gasteiger partial charge is 0.219 e. The van der Waals surface area contributed by atoms with E-state index < -0.39 is 0 Å².